The molecule has 0 N–H and O–H groups in total. The fraction of sp³-hybridized carbons (Fsp3) is 0.286. The SMILES string of the molecule is C=C(C)/C=C\C.C=C(C)C.C=C/C=C\C(=C)C=C.CC.CN(C)c1ccccc1. The number of hydrogen-bond acceptors (Lipinski definition) is 1. The van der Waals surface area contributed by atoms with Crippen LogP contribution in [0.3, 0.4) is 0 Å². The van der Waals surface area contributed by atoms with Gasteiger partial charge in [-0.2, -0.15) is 0 Å². The van der Waals surface area contributed by atoms with Crippen molar-refractivity contribution in [2.75, 3.05) is 19.0 Å². The Morgan fingerprint density at radius 3 is 1.52 bits per heavy atom. The normalized spacial score (nSPS) is 8.41. The highest BCUT2D eigenvalue weighted by molar-refractivity contribution is 5.43. The van der Waals surface area contributed by atoms with Crippen LogP contribution in [0.2, 0.25) is 0 Å². The van der Waals surface area contributed by atoms with E-state index in [0.29, 0.717) is 0 Å². The molecule has 162 valence electrons. The highest BCUT2D eigenvalue weighted by atomic mass is 15.1. The van der Waals surface area contributed by atoms with Crippen LogP contribution in [0.25, 0.3) is 0 Å². The number of hydrogen-bond donors (Lipinski definition) is 0. The van der Waals surface area contributed by atoms with Crippen LogP contribution in [0.5, 0.6) is 0 Å². The maximum absolute atomic E-state index is 3.66. The van der Waals surface area contributed by atoms with E-state index in [-0.39, 0.29) is 0 Å². The van der Waals surface area contributed by atoms with Crippen molar-refractivity contribution < 1.29 is 0 Å². The largest absolute Gasteiger partial charge is 0.378 e. The van der Waals surface area contributed by atoms with E-state index in [0.717, 1.165) is 11.1 Å². The summed E-state index contributed by atoms with van der Waals surface area (Å²) in [6, 6.07) is 10.3. The maximum atomic E-state index is 3.66. The van der Waals surface area contributed by atoms with Gasteiger partial charge in [0.25, 0.3) is 0 Å². The predicted molar refractivity (Wildman–Crippen MR) is 141 cm³/mol. The summed E-state index contributed by atoms with van der Waals surface area (Å²) in [6.45, 7) is 29.8. The molecule has 0 aliphatic heterocycles. The molecule has 0 aliphatic rings. The third-order valence-corrected chi connectivity index (χ3v) is 2.43. The van der Waals surface area contributed by atoms with Crippen molar-refractivity contribution in [3.8, 4) is 0 Å². The van der Waals surface area contributed by atoms with Gasteiger partial charge in [-0.05, 0) is 45.4 Å². The monoisotopic (exact) mass is 395 g/mol. The second-order valence-corrected chi connectivity index (χ2v) is 6.16. The lowest BCUT2D eigenvalue weighted by Gasteiger charge is -2.10. The number of rotatable bonds is 5. The van der Waals surface area contributed by atoms with Gasteiger partial charge in [0, 0.05) is 19.8 Å². The molecule has 1 aromatic carbocycles. The lowest BCUT2D eigenvalue weighted by Crippen LogP contribution is -2.07. The summed E-state index contributed by atoms with van der Waals surface area (Å²) in [5.74, 6) is 0. The van der Waals surface area contributed by atoms with Gasteiger partial charge < -0.3 is 4.90 Å². The lowest BCUT2D eigenvalue weighted by molar-refractivity contribution is 1.13. The molecule has 0 saturated carbocycles. The van der Waals surface area contributed by atoms with Crippen molar-refractivity contribution in [1.29, 1.82) is 0 Å². The van der Waals surface area contributed by atoms with E-state index < -0.39 is 0 Å². The summed E-state index contributed by atoms with van der Waals surface area (Å²) in [6.07, 6.45) is 11.0. The summed E-state index contributed by atoms with van der Waals surface area (Å²) in [5.41, 5.74) is 4.43. The van der Waals surface area contributed by atoms with Crippen LogP contribution in [0.15, 0.2) is 116 Å². The van der Waals surface area contributed by atoms with E-state index in [2.05, 4.69) is 49.9 Å². The Balaban J connectivity index is -0.000000145. The smallest absolute Gasteiger partial charge is 0.0360 e. The molecule has 1 rings (SSSR count). The first-order valence-corrected chi connectivity index (χ1v) is 9.85. The van der Waals surface area contributed by atoms with E-state index in [1.54, 1.807) is 12.2 Å². The predicted octanol–water partition coefficient (Wildman–Crippen LogP) is 8.97. The molecule has 0 atom stereocenters. The van der Waals surface area contributed by atoms with Crippen LogP contribution in [0.1, 0.15) is 41.5 Å². The molecule has 0 radical (unpaired) electrons. The number of allylic oxidation sites excluding steroid dienone is 9. The zero-order valence-electron chi connectivity index (χ0n) is 20.3. The molecule has 1 heteroatoms. The zero-order valence-corrected chi connectivity index (χ0v) is 20.3. The molecule has 0 unspecified atom stereocenters. The Kier molecular flexibility index (Phi) is 31.9. The van der Waals surface area contributed by atoms with E-state index in [1.807, 2.05) is 98.1 Å². The molecule has 1 nitrogen and oxygen atoms in total. The van der Waals surface area contributed by atoms with E-state index >= 15 is 0 Å². The summed E-state index contributed by atoms with van der Waals surface area (Å²) in [5, 5.41) is 0. The van der Waals surface area contributed by atoms with Gasteiger partial charge in [0.1, 0.15) is 0 Å². The Morgan fingerprint density at radius 2 is 1.31 bits per heavy atom. The highest BCUT2D eigenvalue weighted by Gasteiger charge is 1.87. The van der Waals surface area contributed by atoms with E-state index in [1.165, 1.54) is 11.3 Å². The van der Waals surface area contributed by atoms with Gasteiger partial charge in [0.15, 0.2) is 0 Å². The average Bonchev–Trinajstić information content (AvgIpc) is 2.68. The van der Waals surface area contributed by atoms with Gasteiger partial charge in [-0.25, -0.2) is 0 Å². The molecule has 0 aromatic heterocycles. The van der Waals surface area contributed by atoms with Crippen LogP contribution in [0.4, 0.5) is 5.69 Å². The fourth-order valence-corrected chi connectivity index (χ4v) is 1.27. The molecule has 29 heavy (non-hydrogen) atoms. The molecular formula is C28H45N. The molecule has 0 fully saturated rings. The van der Waals surface area contributed by atoms with Gasteiger partial charge >= 0.3 is 0 Å². The van der Waals surface area contributed by atoms with Crippen LogP contribution in [0, 0.1) is 0 Å². The first-order valence-electron chi connectivity index (χ1n) is 9.85. The number of benzene rings is 1. The minimum absolute atomic E-state index is 0.907. The third kappa shape index (κ3) is 40.9. The summed E-state index contributed by atoms with van der Waals surface area (Å²) in [4.78, 5) is 2.08. The van der Waals surface area contributed by atoms with Crippen molar-refractivity contribution in [3.63, 3.8) is 0 Å². The standard InChI is InChI=1S/C8H11N.C8H10.C6H10.C4H8.C2H6/c1-9(2)8-6-4-3-5-7-8;1-4-6-7-8(3)5-2;1-4-5-6(2)3;1-4(2)3;1-2/h3-7H,1-2H3;4-7H,1-3H2;4-5H,2H2,1,3H3;1H2,2-3H3;1-2H3/b;7-6-;5-4-;;. The molecular weight excluding hydrogens is 350 g/mol. The molecule has 0 saturated heterocycles. The second kappa shape index (κ2) is 27.4. The highest BCUT2D eigenvalue weighted by Crippen LogP contribution is 2.07. The van der Waals surface area contributed by atoms with Crippen molar-refractivity contribution >= 4 is 5.69 Å². The molecule has 0 spiro atoms. The Labute approximate surface area is 182 Å². The molecule has 0 heterocycles. The lowest BCUT2D eigenvalue weighted by atomic mass is 10.3. The number of nitrogens with zero attached hydrogens (tertiary/aromatic N) is 1. The van der Waals surface area contributed by atoms with Crippen LogP contribution >= 0.6 is 0 Å². The van der Waals surface area contributed by atoms with Gasteiger partial charge in [0.2, 0.25) is 0 Å². The van der Waals surface area contributed by atoms with Crippen LogP contribution in [-0.4, -0.2) is 14.1 Å². The topological polar surface area (TPSA) is 3.24 Å². The minimum atomic E-state index is 0.907. The summed E-state index contributed by atoms with van der Waals surface area (Å²) < 4.78 is 0. The molecule has 0 bridgehead atoms. The molecule has 0 aliphatic carbocycles. The molecule has 0 amide bonds. The van der Waals surface area contributed by atoms with Crippen molar-refractivity contribution in [2.24, 2.45) is 0 Å². The Hall–Kier alpha value is -2.80. The van der Waals surface area contributed by atoms with Crippen LogP contribution in [-0.2, 0) is 0 Å². The van der Waals surface area contributed by atoms with Crippen molar-refractivity contribution in [3.05, 3.63) is 116 Å². The minimum Gasteiger partial charge on any atom is -0.378 e. The first kappa shape index (κ1) is 33.8. The van der Waals surface area contributed by atoms with Gasteiger partial charge in [0.05, 0.1) is 0 Å². The molecule has 1 aromatic rings. The number of anilines is 1. The van der Waals surface area contributed by atoms with Crippen LogP contribution < -0.4 is 4.90 Å². The third-order valence-electron chi connectivity index (χ3n) is 2.43. The van der Waals surface area contributed by atoms with E-state index in [9.17, 15) is 0 Å². The Bertz CT molecular complexity index is 594. The van der Waals surface area contributed by atoms with Gasteiger partial charge in [-0.1, -0.05) is 106 Å². The first-order chi connectivity index (χ1) is 13.6. The average molecular weight is 396 g/mol. The summed E-state index contributed by atoms with van der Waals surface area (Å²) in [7, 11) is 4.07. The quantitative estimate of drug-likeness (QED) is 0.355. The van der Waals surface area contributed by atoms with Crippen molar-refractivity contribution in [2.45, 2.75) is 41.5 Å². The number of para-hydroxylation sites is 1. The summed E-state index contributed by atoms with van der Waals surface area (Å²) >= 11 is 0. The van der Waals surface area contributed by atoms with Gasteiger partial charge in [-0.15, -0.1) is 6.58 Å². The zero-order chi connectivity index (χ0) is 23.7. The van der Waals surface area contributed by atoms with E-state index in [4.69, 9.17) is 0 Å². The maximum Gasteiger partial charge on any atom is 0.0360 e. The van der Waals surface area contributed by atoms with Gasteiger partial charge in [-0.3, -0.25) is 0 Å². The van der Waals surface area contributed by atoms with Crippen molar-refractivity contribution in [1.82, 2.24) is 0 Å². The fourth-order valence-electron chi connectivity index (χ4n) is 1.27. The second-order valence-electron chi connectivity index (χ2n) is 6.16. The Morgan fingerprint density at radius 1 is 0.862 bits per heavy atom.